The van der Waals surface area contributed by atoms with Crippen molar-refractivity contribution in [1.82, 2.24) is 25.1 Å². The second-order valence-electron chi connectivity index (χ2n) is 10.6. The largest absolute Gasteiger partial charge is 0.507 e. The van der Waals surface area contributed by atoms with Gasteiger partial charge in [0.2, 0.25) is 0 Å². The summed E-state index contributed by atoms with van der Waals surface area (Å²) in [4.78, 5) is 18.6. The number of hydrogen-bond acceptors (Lipinski definition) is 7. The minimum absolute atomic E-state index is 0.0708. The Morgan fingerprint density at radius 1 is 1.11 bits per heavy atom. The molecule has 184 valence electrons. The molecule has 2 fully saturated rings. The van der Waals surface area contributed by atoms with Crippen molar-refractivity contribution in [2.24, 2.45) is 7.05 Å². The van der Waals surface area contributed by atoms with Crippen molar-refractivity contribution in [3.63, 3.8) is 0 Å². The summed E-state index contributed by atoms with van der Waals surface area (Å²) in [6.45, 7) is 4.62. The normalized spacial score (nSPS) is 25.9. The number of piperidine rings is 2. The zero-order valence-corrected chi connectivity index (χ0v) is 20.5. The third-order valence-electron chi connectivity index (χ3n) is 7.67. The van der Waals surface area contributed by atoms with E-state index in [1.807, 2.05) is 7.05 Å². The van der Waals surface area contributed by atoms with Crippen molar-refractivity contribution in [3.05, 3.63) is 52.8 Å². The number of fused-ring (bicyclic) bond motifs is 2. The van der Waals surface area contributed by atoms with Crippen molar-refractivity contribution < 1.29 is 9.50 Å². The lowest BCUT2D eigenvalue weighted by Crippen LogP contribution is -2.66. The van der Waals surface area contributed by atoms with Crippen molar-refractivity contribution in [2.45, 2.75) is 63.1 Å². The molecule has 3 atom stereocenters. The molecule has 0 spiro atoms. The summed E-state index contributed by atoms with van der Waals surface area (Å²) in [5.74, 6) is 0.266. The molecule has 5 rings (SSSR count). The molecule has 35 heavy (non-hydrogen) atoms. The fourth-order valence-electron chi connectivity index (χ4n) is 5.82. The van der Waals surface area contributed by atoms with E-state index in [1.54, 1.807) is 18.3 Å². The van der Waals surface area contributed by atoms with Gasteiger partial charge in [-0.3, -0.25) is 9.36 Å². The van der Waals surface area contributed by atoms with Gasteiger partial charge < -0.3 is 15.3 Å². The van der Waals surface area contributed by atoms with Crippen molar-refractivity contribution in [1.29, 1.82) is 0 Å². The molecule has 3 aromatic rings. The molecular weight excluding hydrogens is 447 g/mol. The van der Waals surface area contributed by atoms with Gasteiger partial charge in [0.25, 0.3) is 5.56 Å². The molecule has 0 amide bonds. The Bertz CT molecular complexity index is 1310. The van der Waals surface area contributed by atoms with E-state index in [0.717, 1.165) is 17.4 Å². The second-order valence-corrected chi connectivity index (χ2v) is 10.6. The number of aromatic nitrogens is 4. The van der Waals surface area contributed by atoms with E-state index in [9.17, 15) is 14.3 Å². The van der Waals surface area contributed by atoms with Crippen LogP contribution in [0, 0.1) is 5.95 Å². The minimum Gasteiger partial charge on any atom is -0.507 e. The highest BCUT2D eigenvalue weighted by molar-refractivity contribution is 5.72. The van der Waals surface area contributed by atoms with Crippen LogP contribution in [0.15, 0.2) is 41.3 Å². The van der Waals surface area contributed by atoms with E-state index >= 15 is 0 Å². The molecule has 2 aliphatic rings. The van der Waals surface area contributed by atoms with Crippen LogP contribution in [0.2, 0.25) is 0 Å². The Balaban J connectivity index is 1.37. The number of phenolic OH excluding ortho intramolecular Hbond substituents is 1. The lowest BCUT2D eigenvalue weighted by atomic mass is 9.69. The van der Waals surface area contributed by atoms with Crippen LogP contribution in [0.3, 0.4) is 0 Å². The summed E-state index contributed by atoms with van der Waals surface area (Å²) >= 11 is 0. The molecule has 0 aliphatic carbocycles. The average Bonchev–Trinajstić information content (AvgIpc) is 2.80. The quantitative estimate of drug-likeness (QED) is 0.553. The maximum Gasteiger partial charge on any atom is 0.253 e. The molecule has 0 saturated carbocycles. The van der Waals surface area contributed by atoms with Crippen LogP contribution in [-0.4, -0.2) is 49.0 Å². The molecule has 9 heteroatoms. The van der Waals surface area contributed by atoms with Crippen LogP contribution < -0.4 is 15.8 Å². The topological polar surface area (TPSA) is 96.2 Å². The molecule has 2 bridgehead atoms. The molecule has 2 aromatic heterocycles. The Labute approximate surface area is 203 Å². The molecule has 4 heterocycles. The van der Waals surface area contributed by atoms with Crippen LogP contribution in [0.1, 0.15) is 46.0 Å². The number of halogens is 1. The molecule has 2 N–H and O–H groups in total. The number of nitrogens with zero attached hydrogens (tertiary/aromatic N) is 5. The second kappa shape index (κ2) is 8.41. The predicted molar refractivity (Wildman–Crippen MR) is 133 cm³/mol. The number of pyridine rings is 1. The standard InChI is InChI=1S/C26H31FN6O2/c1-25-8-5-9-26(2,31-25)14-18(13-25)32(3)22-15-28-24(30-29-22)19-7-6-16(10-20(19)34)17-11-21(27)33(4)23(35)12-17/h6-7,10-12,15,18,31,34H,5,8-9,13-14H2,1-4H3/t18-,25-,26+. The molecule has 8 nitrogen and oxygen atoms in total. The lowest BCUT2D eigenvalue weighted by molar-refractivity contribution is 0.0784. The van der Waals surface area contributed by atoms with E-state index in [2.05, 4.69) is 39.2 Å². The smallest absolute Gasteiger partial charge is 0.253 e. The first-order chi connectivity index (χ1) is 16.6. The summed E-state index contributed by atoms with van der Waals surface area (Å²) in [6.07, 6.45) is 7.37. The zero-order valence-electron chi connectivity index (χ0n) is 20.5. The Morgan fingerprint density at radius 3 is 2.43 bits per heavy atom. The highest BCUT2D eigenvalue weighted by atomic mass is 19.1. The zero-order chi connectivity index (χ0) is 25.0. The van der Waals surface area contributed by atoms with Gasteiger partial charge in [-0.2, -0.15) is 4.39 Å². The van der Waals surface area contributed by atoms with E-state index in [0.29, 0.717) is 34.4 Å². The van der Waals surface area contributed by atoms with Gasteiger partial charge >= 0.3 is 0 Å². The van der Waals surface area contributed by atoms with Crippen LogP contribution in [0.4, 0.5) is 10.2 Å². The van der Waals surface area contributed by atoms with Gasteiger partial charge in [0.15, 0.2) is 17.6 Å². The number of hydrogen-bond donors (Lipinski definition) is 2. The third-order valence-corrected chi connectivity index (χ3v) is 7.67. The first-order valence-corrected chi connectivity index (χ1v) is 12.0. The van der Waals surface area contributed by atoms with Crippen molar-refractivity contribution in [3.8, 4) is 28.3 Å². The van der Waals surface area contributed by atoms with Gasteiger partial charge in [0.05, 0.1) is 11.8 Å². The third kappa shape index (κ3) is 4.40. The van der Waals surface area contributed by atoms with E-state index in [4.69, 9.17) is 0 Å². The maximum atomic E-state index is 14.0. The number of aromatic hydroxyl groups is 1. The van der Waals surface area contributed by atoms with Crippen LogP contribution in [-0.2, 0) is 7.05 Å². The highest BCUT2D eigenvalue weighted by Crippen LogP contribution is 2.41. The van der Waals surface area contributed by atoms with Gasteiger partial charge in [-0.05, 0) is 75.3 Å². The Kier molecular flexibility index (Phi) is 5.62. The number of phenols is 1. The summed E-state index contributed by atoms with van der Waals surface area (Å²) < 4.78 is 14.9. The average molecular weight is 479 g/mol. The van der Waals surface area contributed by atoms with E-state index in [-0.39, 0.29) is 16.8 Å². The fourth-order valence-corrected chi connectivity index (χ4v) is 5.82. The van der Waals surface area contributed by atoms with Crippen LogP contribution in [0.5, 0.6) is 5.75 Å². The highest BCUT2D eigenvalue weighted by Gasteiger charge is 2.46. The van der Waals surface area contributed by atoms with Gasteiger partial charge in [-0.25, -0.2) is 4.98 Å². The van der Waals surface area contributed by atoms with E-state index < -0.39 is 11.5 Å². The Hall–Kier alpha value is -3.33. The molecule has 2 aliphatic heterocycles. The van der Waals surface area contributed by atoms with Crippen molar-refractivity contribution in [2.75, 3.05) is 11.9 Å². The summed E-state index contributed by atoms with van der Waals surface area (Å²) in [7, 11) is 3.41. The predicted octanol–water partition coefficient (Wildman–Crippen LogP) is 3.64. The number of benzene rings is 1. The maximum absolute atomic E-state index is 14.0. The molecular formula is C26H31FN6O2. The molecule has 1 aromatic carbocycles. The van der Waals surface area contributed by atoms with Gasteiger partial charge in [-0.1, -0.05) is 6.07 Å². The van der Waals surface area contributed by atoms with Gasteiger partial charge in [0.1, 0.15) is 5.75 Å². The molecule has 2 saturated heterocycles. The van der Waals surface area contributed by atoms with E-state index in [1.165, 1.54) is 44.5 Å². The van der Waals surface area contributed by atoms with Crippen molar-refractivity contribution >= 4 is 5.82 Å². The summed E-state index contributed by atoms with van der Waals surface area (Å²) in [5.41, 5.74) is 1.12. The monoisotopic (exact) mass is 478 g/mol. The first-order valence-electron chi connectivity index (χ1n) is 12.0. The Morgan fingerprint density at radius 2 is 1.83 bits per heavy atom. The van der Waals surface area contributed by atoms with Crippen LogP contribution >= 0.6 is 0 Å². The number of rotatable bonds is 4. The lowest BCUT2D eigenvalue weighted by Gasteiger charge is -2.55. The van der Waals surface area contributed by atoms with Gasteiger partial charge in [-0.15, -0.1) is 10.2 Å². The summed E-state index contributed by atoms with van der Waals surface area (Å²) in [6, 6.07) is 7.74. The van der Waals surface area contributed by atoms with Gasteiger partial charge in [0, 0.05) is 37.3 Å². The van der Waals surface area contributed by atoms with Crippen LogP contribution in [0.25, 0.3) is 22.5 Å². The summed E-state index contributed by atoms with van der Waals surface area (Å²) in [5, 5.41) is 23.2. The SMILES string of the molecule is CN(c1cnc(-c2ccc(-c3cc(F)n(C)c(=O)c3)cc2O)nn1)[C@H]1C[C@]2(C)CCC[C@](C)(C1)N2. The number of anilines is 1. The fraction of sp³-hybridized carbons (Fsp3) is 0.462. The molecule has 0 radical (unpaired) electrons. The first kappa shape index (κ1) is 23.4. The minimum atomic E-state index is -0.649. The number of nitrogens with one attached hydrogen (secondary N) is 1. The molecule has 0 unspecified atom stereocenters.